The van der Waals surface area contributed by atoms with Crippen molar-refractivity contribution in [1.82, 2.24) is 29.1 Å². The molecule has 0 aromatic carbocycles. The predicted molar refractivity (Wildman–Crippen MR) is 98.0 cm³/mol. The molecule has 4 aromatic heterocycles. The molecule has 0 aliphatic carbocycles. The van der Waals surface area contributed by atoms with Crippen LogP contribution in [0.25, 0.3) is 17.0 Å². The number of nitrogens with zero attached hydrogens (tertiary/aromatic N) is 6. The molecule has 0 fully saturated rings. The summed E-state index contributed by atoms with van der Waals surface area (Å²) in [5.74, 6) is 1.66. The quantitative estimate of drug-likeness (QED) is 0.501. The van der Waals surface area contributed by atoms with Gasteiger partial charge in [-0.1, -0.05) is 0 Å². The molecule has 4 heterocycles. The van der Waals surface area contributed by atoms with E-state index >= 15 is 0 Å². The number of hydrogen-bond donors (Lipinski definition) is 0. The number of imidazole rings is 1. The van der Waals surface area contributed by atoms with Crippen LogP contribution in [0.5, 0.6) is 5.75 Å². The second kappa shape index (κ2) is 6.95. The number of fused-ring (bicyclic) bond motifs is 1. The lowest BCUT2D eigenvalue weighted by atomic mass is 10.3. The average molecular weight is 348 g/mol. The zero-order valence-corrected chi connectivity index (χ0v) is 14.8. The zero-order valence-electron chi connectivity index (χ0n) is 14.8. The first-order valence-corrected chi connectivity index (χ1v) is 8.59. The normalized spacial score (nSPS) is 11.2. The summed E-state index contributed by atoms with van der Waals surface area (Å²) < 4.78 is 9.68. The monoisotopic (exact) mass is 348 g/mol. The van der Waals surface area contributed by atoms with Crippen LogP contribution in [0, 0.1) is 13.8 Å². The van der Waals surface area contributed by atoms with Crippen molar-refractivity contribution >= 4 is 5.65 Å². The first-order chi connectivity index (χ1) is 12.7. The maximum absolute atomic E-state index is 5.71. The largest absolute Gasteiger partial charge is 0.492 e. The van der Waals surface area contributed by atoms with E-state index in [4.69, 9.17) is 4.74 Å². The smallest absolute Gasteiger partial charge is 0.166 e. The van der Waals surface area contributed by atoms with E-state index in [1.165, 1.54) is 0 Å². The Labute approximate surface area is 151 Å². The first kappa shape index (κ1) is 16.3. The molecule has 0 spiro atoms. The lowest BCUT2D eigenvalue weighted by Gasteiger charge is -2.09. The molecule has 132 valence electrons. The fourth-order valence-electron chi connectivity index (χ4n) is 3.02. The maximum Gasteiger partial charge on any atom is 0.166 e. The average Bonchev–Trinajstić information content (AvgIpc) is 3.26. The number of aryl methyl sites for hydroxylation is 3. The molecule has 0 aliphatic heterocycles. The minimum atomic E-state index is 0.620. The number of aromatic nitrogens is 6. The summed E-state index contributed by atoms with van der Waals surface area (Å²) in [7, 11) is 0. The Hall–Kier alpha value is -3.22. The van der Waals surface area contributed by atoms with Gasteiger partial charge in [-0.05, 0) is 38.5 Å². The van der Waals surface area contributed by atoms with Crippen LogP contribution in [0.15, 0.2) is 49.2 Å². The van der Waals surface area contributed by atoms with Gasteiger partial charge < -0.3 is 9.30 Å². The van der Waals surface area contributed by atoms with E-state index in [9.17, 15) is 0 Å². The summed E-state index contributed by atoms with van der Waals surface area (Å²) in [4.78, 5) is 13.2. The van der Waals surface area contributed by atoms with Gasteiger partial charge in [0.05, 0.1) is 24.6 Å². The Morgan fingerprint density at radius 1 is 1.15 bits per heavy atom. The van der Waals surface area contributed by atoms with Gasteiger partial charge in [0, 0.05) is 36.5 Å². The molecule has 4 aromatic rings. The van der Waals surface area contributed by atoms with E-state index in [1.54, 1.807) is 12.4 Å². The van der Waals surface area contributed by atoms with Crippen LogP contribution in [-0.4, -0.2) is 35.7 Å². The second-order valence-electron chi connectivity index (χ2n) is 6.17. The van der Waals surface area contributed by atoms with Gasteiger partial charge in [0.25, 0.3) is 0 Å². The second-order valence-corrected chi connectivity index (χ2v) is 6.17. The Morgan fingerprint density at radius 3 is 2.92 bits per heavy atom. The highest BCUT2D eigenvalue weighted by atomic mass is 16.5. The van der Waals surface area contributed by atoms with E-state index in [2.05, 4.69) is 24.6 Å². The number of rotatable bonds is 6. The van der Waals surface area contributed by atoms with E-state index in [0.717, 1.165) is 47.1 Å². The molecule has 0 radical (unpaired) electrons. The fraction of sp³-hybridized carbons (Fsp3) is 0.263. The number of pyridine rings is 1. The summed E-state index contributed by atoms with van der Waals surface area (Å²) in [6.07, 6.45) is 9.94. The predicted octanol–water partition coefficient (Wildman–Crippen LogP) is 3.07. The molecular weight excluding hydrogens is 328 g/mol. The van der Waals surface area contributed by atoms with Crippen molar-refractivity contribution in [3.63, 3.8) is 0 Å². The highest BCUT2D eigenvalue weighted by Crippen LogP contribution is 2.23. The van der Waals surface area contributed by atoms with Gasteiger partial charge in [-0.15, -0.1) is 0 Å². The van der Waals surface area contributed by atoms with Crippen molar-refractivity contribution in [2.75, 3.05) is 6.61 Å². The van der Waals surface area contributed by atoms with Crippen molar-refractivity contribution in [3.05, 3.63) is 60.6 Å². The molecule has 0 amide bonds. The third kappa shape index (κ3) is 3.15. The van der Waals surface area contributed by atoms with Crippen molar-refractivity contribution in [3.8, 4) is 17.1 Å². The SMILES string of the molecule is Cc1cc(C)n2ncc(-c3nccn3CCCOc3cccnc3)c2n1. The van der Waals surface area contributed by atoms with Crippen molar-refractivity contribution in [1.29, 1.82) is 0 Å². The minimum Gasteiger partial charge on any atom is -0.492 e. The van der Waals surface area contributed by atoms with Crippen LogP contribution < -0.4 is 4.74 Å². The van der Waals surface area contributed by atoms with Crippen molar-refractivity contribution in [2.45, 2.75) is 26.8 Å². The molecule has 0 N–H and O–H groups in total. The summed E-state index contributed by atoms with van der Waals surface area (Å²) >= 11 is 0. The fourth-order valence-corrected chi connectivity index (χ4v) is 3.02. The van der Waals surface area contributed by atoms with Gasteiger partial charge >= 0.3 is 0 Å². The summed E-state index contributed by atoms with van der Waals surface area (Å²) in [6, 6.07) is 5.79. The van der Waals surface area contributed by atoms with Crippen molar-refractivity contribution < 1.29 is 4.74 Å². The number of ether oxygens (including phenoxy) is 1. The first-order valence-electron chi connectivity index (χ1n) is 8.59. The van der Waals surface area contributed by atoms with Crippen LogP contribution in [0.3, 0.4) is 0 Å². The Bertz CT molecular complexity index is 1020. The third-order valence-corrected chi connectivity index (χ3v) is 4.18. The Kier molecular flexibility index (Phi) is 4.35. The number of hydrogen-bond acceptors (Lipinski definition) is 5. The molecular formula is C19H20N6O. The summed E-state index contributed by atoms with van der Waals surface area (Å²) in [6.45, 7) is 5.44. The van der Waals surface area contributed by atoms with E-state index in [1.807, 2.05) is 55.2 Å². The Balaban J connectivity index is 1.51. The van der Waals surface area contributed by atoms with Gasteiger partial charge in [0.1, 0.15) is 11.6 Å². The lowest BCUT2D eigenvalue weighted by Crippen LogP contribution is -2.05. The van der Waals surface area contributed by atoms with Gasteiger partial charge in [0.15, 0.2) is 5.65 Å². The molecule has 0 saturated carbocycles. The van der Waals surface area contributed by atoms with E-state index < -0.39 is 0 Å². The zero-order chi connectivity index (χ0) is 17.9. The molecule has 0 atom stereocenters. The van der Waals surface area contributed by atoms with Crippen LogP contribution in [0.2, 0.25) is 0 Å². The van der Waals surface area contributed by atoms with Crippen LogP contribution in [-0.2, 0) is 6.54 Å². The standard InChI is InChI=1S/C19H20N6O/c1-14-11-15(2)25-19(23-14)17(13-22-25)18-21-7-9-24(18)8-4-10-26-16-5-3-6-20-12-16/h3,5-7,9,11-13H,4,8,10H2,1-2H3. The van der Waals surface area contributed by atoms with Crippen molar-refractivity contribution in [2.24, 2.45) is 0 Å². The maximum atomic E-state index is 5.71. The van der Waals surface area contributed by atoms with Crippen LogP contribution in [0.1, 0.15) is 17.8 Å². The highest BCUT2D eigenvalue weighted by molar-refractivity contribution is 5.72. The molecule has 0 unspecified atom stereocenters. The van der Waals surface area contributed by atoms with Gasteiger partial charge in [-0.25, -0.2) is 14.5 Å². The molecule has 7 heteroatoms. The highest BCUT2D eigenvalue weighted by Gasteiger charge is 2.14. The Morgan fingerprint density at radius 2 is 2.08 bits per heavy atom. The molecule has 26 heavy (non-hydrogen) atoms. The minimum absolute atomic E-state index is 0.620. The van der Waals surface area contributed by atoms with E-state index in [-0.39, 0.29) is 0 Å². The molecule has 7 nitrogen and oxygen atoms in total. The lowest BCUT2D eigenvalue weighted by molar-refractivity contribution is 0.301. The molecule has 0 bridgehead atoms. The molecule has 0 aliphatic rings. The summed E-state index contributed by atoms with van der Waals surface area (Å²) in [5.41, 5.74) is 3.80. The summed E-state index contributed by atoms with van der Waals surface area (Å²) in [5, 5.41) is 4.46. The molecule has 0 saturated heterocycles. The third-order valence-electron chi connectivity index (χ3n) is 4.18. The van der Waals surface area contributed by atoms with Gasteiger partial charge in [0.2, 0.25) is 0 Å². The van der Waals surface area contributed by atoms with Gasteiger partial charge in [-0.2, -0.15) is 5.10 Å². The van der Waals surface area contributed by atoms with Crippen LogP contribution >= 0.6 is 0 Å². The molecule has 4 rings (SSSR count). The van der Waals surface area contributed by atoms with E-state index in [0.29, 0.717) is 6.61 Å². The van der Waals surface area contributed by atoms with Gasteiger partial charge in [-0.3, -0.25) is 4.98 Å². The van der Waals surface area contributed by atoms with Crippen LogP contribution in [0.4, 0.5) is 0 Å². The topological polar surface area (TPSA) is 70.1 Å².